The third kappa shape index (κ3) is 6.05. The summed E-state index contributed by atoms with van der Waals surface area (Å²) in [6.07, 6.45) is 6.35. The first-order chi connectivity index (χ1) is 14.1. The van der Waals surface area contributed by atoms with Gasteiger partial charge < -0.3 is 15.1 Å². The van der Waals surface area contributed by atoms with Gasteiger partial charge in [-0.25, -0.2) is 0 Å². The third-order valence-corrected chi connectivity index (χ3v) is 6.39. The number of amides is 2. The van der Waals surface area contributed by atoms with Crippen LogP contribution >= 0.6 is 0 Å². The molecule has 0 aliphatic carbocycles. The topological polar surface area (TPSA) is 52.7 Å². The number of piperidine rings is 1. The molecule has 2 unspecified atom stereocenters. The molecule has 1 aromatic rings. The van der Waals surface area contributed by atoms with Gasteiger partial charge in [-0.1, -0.05) is 50.6 Å². The largest absolute Gasteiger partial charge is 0.354 e. The van der Waals surface area contributed by atoms with Gasteiger partial charge in [0.2, 0.25) is 11.8 Å². The molecule has 5 heteroatoms. The fourth-order valence-electron chi connectivity index (χ4n) is 4.75. The first-order valence-corrected chi connectivity index (χ1v) is 11.4. The molecule has 1 N–H and O–H groups in total. The van der Waals surface area contributed by atoms with Crippen molar-refractivity contribution in [1.29, 1.82) is 0 Å². The van der Waals surface area contributed by atoms with Crippen LogP contribution in [0.1, 0.15) is 63.9 Å². The van der Waals surface area contributed by atoms with Gasteiger partial charge in [-0.2, -0.15) is 0 Å². The van der Waals surface area contributed by atoms with Gasteiger partial charge in [-0.3, -0.25) is 9.59 Å². The molecule has 2 aliphatic rings. The molecule has 2 heterocycles. The number of carbonyl (C=O) groups excluding carboxylic acids is 2. The van der Waals surface area contributed by atoms with E-state index < -0.39 is 0 Å². The van der Waals surface area contributed by atoms with Crippen LogP contribution in [0.15, 0.2) is 30.3 Å². The molecule has 0 aromatic heterocycles. The Morgan fingerprint density at radius 1 is 1.03 bits per heavy atom. The van der Waals surface area contributed by atoms with Crippen LogP contribution in [0.4, 0.5) is 0 Å². The van der Waals surface area contributed by atoms with Crippen molar-refractivity contribution in [2.45, 2.75) is 64.3 Å². The molecule has 29 heavy (non-hydrogen) atoms. The Kier molecular flexibility index (Phi) is 8.10. The summed E-state index contributed by atoms with van der Waals surface area (Å²) in [6, 6.07) is 10.2. The van der Waals surface area contributed by atoms with Crippen LogP contribution in [0, 0.1) is 5.92 Å². The highest BCUT2D eigenvalue weighted by molar-refractivity contribution is 5.84. The zero-order valence-corrected chi connectivity index (χ0v) is 18.1. The van der Waals surface area contributed by atoms with Crippen LogP contribution < -0.4 is 5.32 Å². The van der Waals surface area contributed by atoms with Crippen LogP contribution in [-0.4, -0.2) is 60.4 Å². The molecule has 2 fully saturated rings. The average molecular weight is 400 g/mol. The molecule has 3 rings (SSSR count). The maximum absolute atomic E-state index is 13.4. The van der Waals surface area contributed by atoms with Gasteiger partial charge in [0.1, 0.15) is 0 Å². The minimum Gasteiger partial charge on any atom is -0.354 e. The van der Waals surface area contributed by atoms with Crippen molar-refractivity contribution in [3.63, 3.8) is 0 Å². The molecule has 5 nitrogen and oxygen atoms in total. The van der Waals surface area contributed by atoms with Crippen molar-refractivity contribution in [3.8, 4) is 0 Å². The molecule has 2 atom stereocenters. The van der Waals surface area contributed by atoms with Gasteiger partial charge in [0.25, 0.3) is 0 Å². The summed E-state index contributed by atoms with van der Waals surface area (Å²) in [6.45, 7) is 8.69. The van der Waals surface area contributed by atoms with Gasteiger partial charge in [-0.05, 0) is 50.3 Å². The summed E-state index contributed by atoms with van der Waals surface area (Å²) < 4.78 is 0. The summed E-state index contributed by atoms with van der Waals surface area (Å²) >= 11 is 0. The SMILES string of the molecule is CC(C)C(C(=O)N1CCCC1CNC(=O)CCN1CCCCC1)c1ccccc1. The maximum atomic E-state index is 13.4. The molecule has 1 aromatic carbocycles. The molecule has 2 saturated heterocycles. The number of hydrogen-bond acceptors (Lipinski definition) is 3. The van der Waals surface area contributed by atoms with Crippen LogP contribution in [-0.2, 0) is 9.59 Å². The lowest BCUT2D eigenvalue weighted by Crippen LogP contribution is -2.46. The minimum atomic E-state index is -0.119. The molecule has 2 amide bonds. The standard InChI is InChI=1S/C24H37N3O2/c1-19(2)23(20-10-5-3-6-11-20)24(29)27-16-9-12-21(27)18-25-22(28)13-17-26-14-7-4-8-15-26/h3,5-6,10-11,19,21,23H,4,7-9,12-18H2,1-2H3,(H,25,28). The van der Waals surface area contributed by atoms with Gasteiger partial charge in [0.15, 0.2) is 0 Å². The van der Waals surface area contributed by atoms with Crippen molar-refractivity contribution >= 4 is 11.8 Å². The number of nitrogens with zero attached hydrogens (tertiary/aromatic N) is 2. The van der Waals surface area contributed by atoms with E-state index in [0.29, 0.717) is 13.0 Å². The fourth-order valence-corrected chi connectivity index (χ4v) is 4.75. The average Bonchev–Trinajstić information content (AvgIpc) is 3.21. The summed E-state index contributed by atoms with van der Waals surface area (Å²) in [5, 5.41) is 3.10. The normalized spacial score (nSPS) is 21.3. The zero-order chi connectivity index (χ0) is 20.6. The van der Waals surface area contributed by atoms with E-state index in [9.17, 15) is 9.59 Å². The maximum Gasteiger partial charge on any atom is 0.230 e. The summed E-state index contributed by atoms with van der Waals surface area (Å²) in [4.78, 5) is 30.1. The van der Waals surface area contributed by atoms with Crippen molar-refractivity contribution in [3.05, 3.63) is 35.9 Å². The quantitative estimate of drug-likeness (QED) is 0.729. The van der Waals surface area contributed by atoms with Gasteiger partial charge in [0.05, 0.1) is 5.92 Å². The van der Waals surface area contributed by atoms with Crippen LogP contribution in [0.5, 0.6) is 0 Å². The number of carbonyl (C=O) groups is 2. The number of hydrogen-bond donors (Lipinski definition) is 1. The number of nitrogens with one attached hydrogen (secondary N) is 1. The predicted octanol–water partition coefficient (Wildman–Crippen LogP) is 3.41. The van der Waals surface area contributed by atoms with Gasteiger partial charge in [-0.15, -0.1) is 0 Å². The lowest BCUT2D eigenvalue weighted by atomic mass is 9.87. The second-order valence-electron chi connectivity index (χ2n) is 8.92. The number of likely N-dealkylation sites (tertiary alicyclic amines) is 2. The smallest absolute Gasteiger partial charge is 0.230 e. The van der Waals surface area contributed by atoms with E-state index in [1.807, 2.05) is 23.1 Å². The van der Waals surface area contributed by atoms with Crippen molar-refractivity contribution in [1.82, 2.24) is 15.1 Å². The highest BCUT2D eigenvalue weighted by Crippen LogP contribution is 2.30. The Morgan fingerprint density at radius 2 is 1.76 bits per heavy atom. The minimum absolute atomic E-state index is 0.110. The van der Waals surface area contributed by atoms with Crippen LogP contribution in [0.25, 0.3) is 0 Å². The molecule has 0 saturated carbocycles. The molecule has 0 spiro atoms. The number of benzene rings is 1. The van der Waals surface area contributed by atoms with E-state index >= 15 is 0 Å². The first-order valence-electron chi connectivity index (χ1n) is 11.4. The first kappa shape index (κ1) is 21.8. The summed E-state index contributed by atoms with van der Waals surface area (Å²) in [5.74, 6) is 0.437. The third-order valence-electron chi connectivity index (χ3n) is 6.39. The number of rotatable bonds is 8. The molecule has 0 bridgehead atoms. The highest BCUT2D eigenvalue weighted by Gasteiger charge is 2.35. The van der Waals surface area contributed by atoms with Gasteiger partial charge in [0, 0.05) is 32.1 Å². The Balaban J connectivity index is 1.52. The Hall–Kier alpha value is -1.88. The molecular formula is C24H37N3O2. The van der Waals surface area contributed by atoms with E-state index in [2.05, 4.69) is 36.2 Å². The lowest BCUT2D eigenvalue weighted by Gasteiger charge is -2.31. The Morgan fingerprint density at radius 3 is 2.45 bits per heavy atom. The predicted molar refractivity (Wildman–Crippen MR) is 117 cm³/mol. The van der Waals surface area contributed by atoms with Gasteiger partial charge >= 0.3 is 0 Å². The summed E-state index contributed by atoms with van der Waals surface area (Å²) in [5.41, 5.74) is 1.09. The molecule has 160 valence electrons. The van der Waals surface area contributed by atoms with E-state index in [0.717, 1.165) is 44.6 Å². The van der Waals surface area contributed by atoms with E-state index in [1.165, 1.54) is 19.3 Å². The van der Waals surface area contributed by atoms with Crippen LogP contribution in [0.2, 0.25) is 0 Å². The van der Waals surface area contributed by atoms with Crippen molar-refractivity contribution in [2.24, 2.45) is 5.92 Å². The molecular weight excluding hydrogens is 362 g/mol. The Labute approximate surface area is 175 Å². The Bertz CT molecular complexity index is 655. The summed E-state index contributed by atoms with van der Waals surface area (Å²) in [7, 11) is 0. The van der Waals surface area contributed by atoms with Crippen molar-refractivity contribution in [2.75, 3.05) is 32.7 Å². The molecule has 0 radical (unpaired) electrons. The second-order valence-corrected chi connectivity index (χ2v) is 8.92. The van der Waals surface area contributed by atoms with E-state index in [-0.39, 0.29) is 29.7 Å². The molecule has 2 aliphatic heterocycles. The van der Waals surface area contributed by atoms with Crippen LogP contribution in [0.3, 0.4) is 0 Å². The second kappa shape index (κ2) is 10.8. The van der Waals surface area contributed by atoms with E-state index in [1.54, 1.807) is 0 Å². The highest BCUT2D eigenvalue weighted by atomic mass is 16.2. The zero-order valence-electron chi connectivity index (χ0n) is 18.1. The monoisotopic (exact) mass is 399 g/mol. The van der Waals surface area contributed by atoms with Crippen molar-refractivity contribution < 1.29 is 9.59 Å². The fraction of sp³-hybridized carbons (Fsp3) is 0.667. The van der Waals surface area contributed by atoms with E-state index in [4.69, 9.17) is 0 Å². The lowest BCUT2D eigenvalue weighted by molar-refractivity contribution is -0.135.